The average Bonchev–Trinajstić information content (AvgIpc) is 2.96. The quantitative estimate of drug-likeness (QED) is 0.146. The van der Waals surface area contributed by atoms with E-state index in [9.17, 15) is 13.2 Å². The molecule has 0 aliphatic rings. The van der Waals surface area contributed by atoms with Gasteiger partial charge >= 0.3 is 0 Å². The van der Waals surface area contributed by atoms with Crippen LogP contribution in [0.3, 0.4) is 0 Å². The summed E-state index contributed by atoms with van der Waals surface area (Å²) in [4.78, 5) is 0. The van der Waals surface area contributed by atoms with E-state index >= 15 is 0 Å². The van der Waals surface area contributed by atoms with Crippen molar-refractivity contribution in [2.45, 2.75) is 0 Å². The van der Waals surface area contributed by atoms with Crippen LogP contribution in [0.4, 0.5) is 13.2 Å². The highest BCUT2D eigenvalue weighted by Crippen LogP contribution is 2.30. The number of ether oxygens (including phenoxy) is 3. The van der Waals surface area contributed by atoms with Crippen molar-refractivity contribution >= 4 is 56.2 Å². The minimum Gasteiger partial charge on any atom is -0.497 e. The van der Waals surface area contributed by atoms with Gasteiger partial charge in [0, 0.05) is 0 Å². The van der Waals surface area contributed by atoms with E-state index in [4.69, 9.17) is 14.2 Å². The largest absolute Gasteiger partial charge is 0.497 e. The first-order valence-corrected chi connectivity index (χ1v) is 13.1. The molecule has 0 atom stereocenters. The molecule has 0 amide bonds. The van der Waals surface area contributed by atoms with Gasteiger partial charge in [-0.2, -0.15) is 0 Å². The van der Waals surface area contributed by atoms with Gasteiger partial charge in [-0.1, -0.05) is 48.6 Å². The lowest BCUT2D eigenvalue weighted by Gasteiger charge is -2.05. The van der Waals surface area contributed by atoms with Crippen LogP contribution in [0.2, 0.25) is 0 Å². The zero-order valence-corrected chi connectivity index (χ0v) is 24.5. The van der Waals surface area contributed by atoms with Crippen LogP contribution in [0.5, 0.6) is 17.2 Å². The molecular formula is C31H25Br2F3O3. The molecule has 39 heavy (non-hydrogen) atoms. The second-order valence-electron chi connectivity index (χ2n) is 8.03. The SMILES string of the molecule is COc1ccc(/C=C/c2cc(F)c(Br)c(F)c2)cc1.COc1ccc(/C=C/c2cc(F)c(Br)c(OC)c2)cc1. The summed E-state index contributed by atoms with van der Waals surface area (Å²) in [7, 11) is 4.73. The topological polar surface area (TPSA) is 27.7 Å². The number of halogens is 5. The first-order chi connectivity index (χ1) is 18.7. The summed E-state index contributed by atoms with van der Waals surface area (Å²) in [5.41, 5.74) is 3.13. The maximum absolute atomic E-state index is 13.7. The minimum absolute atomic E-state index is 0.144. The van der Waals surface area contributed by atoms with Crippen molar-refractivity contribution in [3.63, 3.8) is 0 Å². The van der Waals surface area contributed by atoms with Crippen LogP contribution >= 0.6 is 31.9 Å². The predicted octanol–water partition coefficient (Wildman–Crippen LogP) is 9.68. The van der Waals surface area contributed by atoms with E-state index in [0.717, 1.165) is 28.2 Å². The standard InChI is InChI=1S/C16H14BrFO2.C15H11BrF2O/c1-19-13-7-5-11(6-8-13)3-4-12-9-14(18)16(17)15(10-12)20-2;1-19-12-6-4-10(5-7-12)2-3-11-8-13(17)15(16)14(18)9-11/h3-10H,1-2H3;2-9H,1H3/b4-3+;3-2+. The number of rotatable bonds is 7. The summed E-state index contributed by atoms with van der Waals surface area (Å²) < 4.78 is 55.8. The molecule has 0 N–H and O–H groups in total. The maximum Gasteiger partial charge on any atom is 0.141 e. The first-order valence-electron chi connectivity index (χ1n) is 11.6. The Morgan fingerprint density at radius 3 is 1.23 bits per heavy atom. The van der Waals surface area contributed by atoms with Gasteiger partial charge in [0.2, 0.25) is 0 Å². The second-order valence-corrected chi connectivity index (χ2v) is 9.62. The van der Waals surface area contributed by atoms with Crippen LogP contribution in [-0.2, 0) is 0 Å². The van der Waals surface area contributed by atoms with Crippen molar-refractivity contribution < 1.29 is 27.4 Å². The summed E-state index contributed by atoms with van der Waals surface area (Å²) >= 11 is 5.99. The summed E-state index contributed by atoms with van der Waals surface area (Å²) in [5.74, 6) is 0.457. The van der Waals surface area contributed by atoms with Crippen LogP contribution in [0.25, 0.3) is 24.3 Å². The molecule has 4 aromatic rings. The monoisotopic (exact) mass is 660 g/mol. The summed E-state index contributed by atoms with van der Waals surface area (Å²) in [6, 6.07) is 20.8. The van der Waals surface area contributed by atoms with Crippen LogP contribution in [0.1, 0.15) is 22.3 Å². The molecule has 4 aromatic carbocycles. The number of hydrogen-bond acceptors (Lipinski definition) is 3. The lowest BCUT2D eigenvalue weighted by Crippen LogP contribution is -1.89. The van der Waals surface area contributed by atoms with Gasteiger partial charge < -0.3 is 14.2 Å². The van der Waals surface area contributed by atoms with Crippen molar-refractivity contribution in [3.05, 3.63) is 121 Å². The molecule has 0 radical (unpaired) electrons. The number of hydrogen-bond donors (Lipinski definition) is 0. The predicted molar refractivity (Wildman–Crippen MR) is 159 cm³/mol. The van der Waals surface area contributed by atoms with Gasteiger partial charge in [0.05, 0.1) is 30.3 Å². The molecule has 3 nitrogen and oxygen atoms in total. The van der Waals surface area contributed by atoms with E-state index in [1.807, 2.05) is 60.7 Å². The van der Waals surface area contributed by atoms with Gasteiger partial charge in [-0.15, -0.1) is 0 Å². The molecule has 0 saturated carbocycles. The minimum atomic E-state index is -0.616. The van der Waals surface area contributed by atoms with Crippen LogP contribution < -0.4 is 14.2 Å². The van der Waals surface area contributed by atoms with Crippen molar-refractivity contribution in [1.82, 2.24) is 0 Å². The fourth-order valence-corrected chi connectivity index (χ4v) is 3.93. The molecule has 0 saturated heterocycles. The van der Waals surface area contributed by atoms with Gasteiger partial charge in [-0.05, 0) is 103 Å². The molecule has 0 aliphatic heterocycles. The summed E-state index contributed by atoms with van der Waals surface area (Å²) in [6.07, 6.45) is 7.17. The van der Waals surface area contributed by atoms with E-state index in [0.29, 0.717) is 15.8 Å². The lowest BCUT2D eigenvalue weighted by atomic mass is 10.1. The first kappa shape index (κ1) is 30.1. The molecular weight excluding hydrogens is 637 g/mol. The van der Waals surface area contributed by atoms with Crippen molar-refractivity contribution in [1.29, 1.82) is 0 Å². The third kappa shape index (κ3) is 8.76. The molecule has 0 aromatic heterocycles. The normalized spacial score (nSPS) is 10.9. The summed E-state index contributed by atoms with van der Waals surface area (Å²) in [5, 5.41) is 0. The molecule has 0 heterocycles. The van der Waals surface area contributed by atoms with Gasteiger partial charge in [0.1, 0.15) is 34.7 Å². The van der Waals surface area contributed by atoms with E-state index in [1.165, 1.54) is 25.3 Å². The third-order valence-electron chi connectivity index (χ3n) is 5.41. The Labute approximate surface area is 242 Å². The van der Waals surface area contributed by atoms with Gasteiger partial charge in [-0.3, -0.25) is 0 Å². The smallest absolute Gasteiger partial charge is 0.141 e. The van der Waals surface area contributed by atoms with Crippen molar-refractivity contribution in [3.8, 4) is 17.2 Å². The van der Waals surface area contributed by atoms with Crippen molar-refractivity contribution in [2.75, 3.05) is 21.3 Å². The summed E-state index contributed by atoms with van der Waals surface area (Å²) in [6.45, 7) is 0. The Hall–Kier alpha value is -3.49. The molecule has 0 fully saturated rings. The highest BCUT2D eigenvalue weighted by Gasteiger charge is 2.08. The molecule has 202 valence electrons. The zero-order valence-electron chi connectivity index (χ0n) is 21.4. The van der Waals surface area contributed by atoms with E-state index in [-0.39, 0.29) is 10.3 Å². The number of methoxy groups -OCH3 is 3. The van der Waals surface area contributed by atoms with Gasteiger partial charge in [0.25, 0.3) is 0 Å². The second kappa shape index (κ2) is 14.6. The van der Waals surface area contributed by atoms with Crippen LogP contribution in [0, 0.1) is 17.5 Å². The Morgan fingerprint density at radius 1 is 0.487 bits per heavy atom. The Bertz CT molecular complexity index is 1430. The zero-order chi connectivity index (χ0) is 28.4. The average molecular weight is 662 g/mol. The Morgan fingerprint density at radius 2 is 0.846 bits per heavy atom. The number of benzene rings is 4. The Kier molecular flexibility index (Phi) is 11.3. The van der Waals surface area contributed by atoms with Crippen LogP contribution in [0.15, 0.2) is 81.7 Å². The third-order valence-corrected chi connectivity index (χ3v) is 6.94. The van der Waals surface area contributed by atoms with E-state index in [1.54, 1.807) is 32.4 Å². The fourth-order valence-electron chi connectivity index (χ4n) is 3.31. The van der Waals surface area contributed by atoms with E-state index in [2.05, 4.69) is 31.9 Å². The van der Waals surface area contributed by atoms with E-state index < -0.39 is 11.6 Å². The lowest BCUT2D eigenvalue weighted by molar-refractivity contribution is 0.407. The highest BCUT2D eigenvalue weighted by molar-refractivity contribution is 9.10. The molecule has 0 unspecified atom stereocenters. The molecule has 8 heteroatoms. The highest BCUT2D eigenvalue weighted by atomic mass is 79.9. The molecule has 4 rings (SSSR count). The van der Waals surface area contributed by atoms with Crippen molar-refractivity contribution in [2.24, 2.45) is 0 Å². The maximum atomic E-state index is 13.7. The molecule has 0 bridgehead atoms. The van der Waals surface area contributed by atoms with Crippen LogP contribution in [-0.4, -0.2) is 21.3 Å². The van der Waals surface area contributed by atoms with Gasteiger partial charge in [-0.25, -0.2) is 13.2 Å². The Balaban J connectivity index is 0.000000216. The van der Waals surface area contributed by atoms with Gasteiger partial charge in [0.15, 0.2) is 0 Å². The molecule has 0 spiro atoms. The fraction of sp³-hybridized carbons (Fsp3) is 0.0968. The molecule has 0 aliphatic carbocycles.